The third kappa shape index (κ3) is 4.01. The average molecular weight is 362 g/mol. The molecule has 0 radical (unpaired) electrons. The predicted molar refractivity (Wildman–Crippen MR) is 93.4 cm³/mol. The van der Waals surface area contributed by atoms with Crippen LogP contribution in [0.15, 0.2) is 40.9 Å². The normalized spacial score (nSPS) is 10.8. The van der Waals surface area contributed by atoms with Crippen LogP contribution in [0.3, 0.4) is 0 Å². The van der Waals surface area contributed by atoms with Crippen molar-refractivity contribution in [3.05, 3.63) is 52.0 Å². The number of amides is 1. The Bertz CT molecular complexity index is 846. The van der Waals surface area contributed by atoms with Gasteiger partial charge in [0.25, 0.3) is 0 Å². The molecule has 24 heavy (non-hydrogen) atoms. The summed E-state index contributed by atoms with van der Waals surface area (Å²) in [5, 5.41) is 12.0. The van der Waals surface area contributed by atoms with Crippen LogP contribution < -0.4 is 5.32 Å². The van der Waals surface area contributed by atoms with Gasteiger partial charge in [-0.1, -0.05) is 23.9 Å². The van der Waals surface area contributed by atoms with Gasteiger partial charge in [0.1, 0.15) is 5.82 Å². The summed E-state index contributed by atoms with van der Waals surface area (Å²) in [5.41, 5.74) is 1.53. The van der Waals surface area contributed by atoms with Crippen LogP contribution in [0.1, 0.15) is 10.4 Å². The standard InChI is InChI=1S/C16H15FN4OS2/c1-10-6-7-23-13(10)8-18-14(22)9-24-16-19-15(20-21-16)11-4-2-3-5-12(11)17/h2-7H,8-9H2,1H3,(H,18,22)(H,19,20,21). The van der Waals surface area contributed by atoms with Gasteiger partial charge in [0, 0.05) is 4.88 Å². The first-order valence-corrected chi connectivity index (χ1v) is 9.10. The second-order valence-corrected chi connectivity index (χ2v) is 6.98. The van der Waals surface area contributed by atoms with Gasteiger partial charge in [-0.05, 0) is 36.1 Å². The van der Waals surface area contributed by atoms with Crippen molar-refractivity contribution in [1.82, 2.24) is 20.5 Å². The summed E-state index contributed by atoms with van der Waals surface area (Å²) in [7, 11) is 0. The van der Waals surface area contributed by atoms with Crippen LogP contribution in [-0.2, 0) is 11.3 Å². The summed E-state index contributed by atoms with van der Waals surface area (Å²) in [6, 6.07) is 8.36. The fourth-order valence-electron chi connectivity index (χ4n) is 2.03. The molecule has 0 saturated carbocycles. The molecule has 3 rings (SSSR count). The molecule has 0 aliphatic carbocycles. The summed E-state index contributed by atoms with van der Waals surface area (Å²) in [4.78, 5) is 17.3. The van der Waals surface area contributed by atoms with Gasteiger partial charge in [-0.2, -0.15) is 0 Å². The Kier molecular flexibility index (Phi) is 5.27. The topological polar surface area (TPSA) is 70.7 Å². The molecule has 124 valence electrons. The lowest BCUT2D eigenvalue weighted by atomic mass is 10.2. The van der Waals surface area contributed by atoms with Crippen molar-refractivity contribution in [2.45, 2.75) is 18.6 Å². The molecular weight excluding hydrogens is 347 g/mol. The van der Waals surface area contributed by atoms with Gasteiger partial charge in [0.15, 0.2) is 5.82 Å². The van der Waals surface area contributed by atoms with Gasteiger partial charge in [-0.15, -0.1) is 16.4 Å². The maximum absolute atomic E-state index is 13.7. The second-order valence-electron chi connectivity index (χ2n) is 5.04. The number of aryl methyl sites for hydroxylation is 1. The molecule has 0 saturated heterocycles. The second kappa shape index (κ2) is 7.59. The third-order valence-corrected chi connectivity index (χ3v) is 5.21. The number of H-pyrrole nitrogens is 1. The zero-order valence-corrected chi connectivity index (χ0v) is 14.5. The highest BCUT2D eigenvalue weighted by Crippen LogP contribution is 2.21. The quantitative estimate of drug-likeness (QED) is 0.660. The minimum atomic E-state index is -0.366. The lowest BCUT2D eigenvalue weighted by molar-refractivity contribution is -0.118. The molecule has 0 aliphatic heterocycles. The summed E-state index contributed by atoms with van der Waals surface area (Å²) < 4.78 is 13.7. The van der Waals surface area contributed by atoms with Crippen molar-refractivity contribution in [3.63, 3.8) is 0 Å². The van der Waals surface area contributed by atoms with E-state index in [2.05, 4.69) is 20.5 Å². The van der Waals surface area contributed by atoms with E-state index in [9.17, 15) is 9.18 Å². The minimum Gasteiger partial charge on any atom is -0.350 e. The Morgan fingerprint density at radius 1 is 1.38 bits per heavy atom. The molecule has 8 heteroatoms. The molecule has 0 aliphatic rings. The van der Waals surface area contributed by atoms with E-state index < -0.39 is 0 Å². The molecule has 0 fully saturated rings. The maximum atomic E-state index is 13.7. The molecule has 3 aromatic rings. The number of nitrogens with zero attached hydrogens (tertiary/aromatic N) is 2. The molecule has 2 aromatic heterocycles. The number of carbonyl (C=O) groups is 1. The smallest absolute Gasteiger partial charge is 0.230 e. The number of thiophene rings is 1. The molecule has 0 spiro atoms. The van der Waals surface area contributed by atoms with Crippen molar-refractivity contribution in [1.29, 1.82) is 0 Å². The Labute approximate surface area is 146 Å². The Balaban J connectivity index is 1.53. The van der Waals surface area contributed by atoms with Crippen LogP contribution >= 0.6 is 23.1 Å². The number of hydrogen-bond donors (Lipinski definition) is 2. The van der Waals surface area contributed by atoms with Crippen LogP contribution in [0.4, 0.5) is 4.39 Å². The molecule has 1 aromatic carbocycles. The van der Waals surface area contributed by atoms with Crippen molar-refractivity contribution >= 4 is 29.0 Å². The lowest BCUT2D eigenvalue weighted by Crippen LogP contribution is -2.24. The van der Waals surface area contributed by atoms with E-state index in [4.69, 9.17) is 0 Å². The van der Waals surface area contributed by atoms with E-state index in [1.165, 1.54) is 23.4 Å². The molecule has 0 bridgehead atoms. The van der Waals surface area contributed by atoms with E-state index in [0.717, 1.165) is 4.88 Å². The fraction of sp³-hybridized carbons (Fsp3) is 0.188. The first-order valence-electron chi connectivity index (χ1n) is 7.23. The van der Waals surface area contributed by atoms with Gasteiger partial charge in [0.2, 0.25) is 11.1 Å². The monoisotopic (exact) mass is 362 g/mol. The van der Waals surface area contributed by atoms with Gasteiger partial charge in [0.05, 0.1) is 17.9 Å². The summed E-state index contributed by atoms with van der Waals surface area (Å²) in [6.07, 6.45) is 0. The van der Waals surface area contributed by atoms with Crippen LogP contribution in [0, 0.1) is 12.7 Å². The van der Waals surface area contributed by atoms with Crippen molar-refractivity contribution in [2.75, 3.05) is 5.75 Å². The van der Waals surface area contributed by atoms with Crippen molar-refractivity contribution in [2.24, 2.45) is 0 Å². The van der Waals surface area contributed by atoms with E-state index in [-0.39, 0.29) is 17.5 Å². The molecule has 5 nitrogen and oxygen atoms in total. The highest BCUT2D eigenvalue weighted by atomic mass is 32.2. The number of hydrogen-bond acceptors (Lipinski definition) is 5. The highest BCUT2D eigenvalue weighted by molar-refractivity contribution is 7.99. The van der Waals surface area contributed by atoms with Crippen molar-refractivity contribution < 1.29 is 9.18 Å². The Hall–Kier alpha value is -2.19. The number of rotatable bonds is 6. The largest absolute Gasteiger partial charge is 0.350 e. The zero-order valence-electron chi connectivity index (χ0n) is 12.9. The van der Waals surface area contributed by atoms with Crippen LogP contribution in [0.2, 0.25) is 0 Å². The SMILES string of the molecule is Cc1ccsc1CNC(=O)CSc1n[nH]c(-c2ccccc2F)n1. The Morgan fingerprint density at radius 2 is 2.21 bits per heavy atom. The number of aromatic amines is 1. The van der Waals surface area contributed by atoms with Gasteiger partial charge in [-0.3, -0.25) is 9.89 Å². The molecule has 1 amide bonds. The molecular formula is C16H15FN4OS2. The van der Waals surface area contributed by atoms with Gasteiger partial charge in [-0.25, -0.2) is 9.37 Å². The highest BCUT2D eigenvalue weighted by Gasteiger charge is 2.11. The minimum absolute atomic E-state index is 0.0926. The van der Waals surface area contributed by atoms with Crippen LogP contribution in [0.25, 0.3) is 11.4 Å². The molecule has 0 unspecified atom stereocenters. The zero-order chi connectivity index (χ0) is 16.9. The Morgan fingerprint density at radius 3 is 2.96 bits per heavy atom. The number of halogens is 1. The van der Waals surface area contributed by atoms with Crippen LogP contribution in [0.5, 0.6) is 0 Å². The maximum Gasteiger partial charge on any atom is 0.230 e. The summed E-state index contributed by atoms with van der Waals surface area (Å²) >= 11 is 2.83. The first kappa shape index (κ1) is 16.7. The number of benzene rings is 1. The lowest BCUT2D eigenvalue weighted by Gasteiger charge is -2.03. The van der Waals surface area contributed by atoms with Gasteiger partial charge < -0.3 is 5.32 Å². The van der Waals surface area contributed by atoms with Gasteiger partial charge >= 0.3 is 0 Å². The van der Waals surface area contributed by atoms with Crippen molar-refractivity contribution in [3.8, 4) is 11.4 Å². The predicted octanol–water partition coefficient (Wildman–Crippen LogP) is 3.39. The summed E-state index contributed by atoms with van der Waals surface area (Å²) in [5.74, 6) is 0.100. The third-order valence-electron chi connectivity index (χ3n) is 3.34. The molecule has 2 heterocycles. The van der Waals surface area contributed by atoms with E-state index in [1.807, 2.05) is 18.4 Å². The van der Waals surface area contributed by atoms with Crippen LogP contribution in [-0.4, -0.2) is 26.8 Å². The summed E-state index contributed by atoms with van der Waals surface area (Å²) in [6.45, 7) is 2.54. The molecule has 0 atom stereocenters. The number of carbonyl (C=O) groups excluding carboxylic acids is 1. The molecule has 2 N–H and O–H groups in total. The number of nitrogens with one attached hydrogen (secondary N) is 2. The van der Waals surface area contributed by atoms with E-state index in [0.29, 0.717) is 23.1 Å². The first-order chi connectivity index (χ1) is 11.6. The van der Waals surface area contributed by atoms with E-state index >= 15 is 0 Å². The number of aromatic nitrogens is 3. The number of thioether (sulfide) groups is 1. The fourth-order valence-corrected chi connectivity index (χ4v) is 3.50. The van der Waals surface area contributed by atoms with E-state index in [1.54, 1.807) is 29.5 Å². The average Bonchev–Trinajstić information content (AvgIpc) is 3.20.